The smallest absolute Gasteiger partial charge is 0.485 e. The molecule has 8 saturated heterocycles. The first-order valence-corrected chi connectivity index (χ1v) is 39.2. The van der Waals surface area contributed by atoms with E-state index in [2.05, 4.69) is 52.5 Å². The highest BCUT2D eigenvalue weighted by Gasteiger charge is 2.59. The van der Waals surface area contributed by atoms with Crippen molar-refractivity contribution in [3.63, 3.8) is 0 Å². The summed E-state index contributed by atoms with van der Waals surface area (Å²) in [4.78, 5) is 55.1. The van der Waals surface area contributed by atoms with Gasteiger partial charge in [0, 0.05) is 66.7 Å². The molecule has 12 aliphatic rings. The fraction of sp³-hybridized carbons (Fsp3) is 0.576. The summed E-state index contributed by atoms with van der Waals surface area (Å²) in [7, 11) is -19.6. The average molecular weight is 1500 g/mol. The average Bonchev–Trinajstić information content (AvgIpc) is 1.57. The number of quaternary nitrogens is 3. The lowest BCUT2D eigenvalue weighted by molar-refractivity contribution is -1.08. The second-order valence-electron chi connectivity index (χ2n) is 29.0. The van der Waals surface area contributed by atoms with Crippen molar-refractivity contribution >= 4 is 96.8 Å². The maximum absolute atomic E-state index is 14.0. The molecule has 4 amide bonds. The maximum atomic E-state index is 14.0. The summed E-state index contributed by atoms with van der Waals surface area (Å²) >= 11 is 0. The highest BCUT2D eigenvalue weighted by atomic mass is 32.2. The zero-order valence-corrected chi connectivity index (χ0v) is 60.6. The van der Waals surface area contributed by atoms with Gasteiger partial charge >= 0.3 is 11.0 Å². The first-order chi connectivity index (χ1) is 46.8. The lowest BCUT2D eigenvalue weighted by Gasteiger charge is -2.55. The van der Waals surface area contributed by atoms with Crippen LogP contribution in [-0.2, 0) is 72.3 Å². The lowest BCUT2D eigenvalue weighted by atomic mass is 9.74. The quantitative estimate of drug-likeness (QED) is 0.0486. The molecule has 556 valence electrons. The Balaban J connectivity index is 0.000000161. The first kappa shape index (κ1) is 77.1. The Labute approximate surface area is 584 Å². The SMILES string of the molecule is CC1=C(CN2c3cccc4c(CCO)ccc(c34)S2(=O)=O)[C@H](C)[C@@H]2[C@@H](C(C)C)C(=O)N12.CC1=C(CN2c3cccc4c(CC[N+]56CC[N+](CC(N)=O)(CC5)CC6)ccc(c34)S2(=O)=O)[C@H](C)[C@@H]2[C@@H](C(C)C)C(=O)N12.NC(=O)C[N+]12CCN(CC1)CC2.O=S(=O)([O-])C(F)(F)F.O=S(=O)([O-])C(F)(F)F. The number of amides is 4. The Kier molecular flexibility index (Phi) is 21.0. The lowest BCUT2D eigenvalue weighted by Crippen LogP contribution is -2.76. The van der Waals surface area contributed by atoms with Crippen LogP contribution in [0.1, 0.15) is 66.5 Å². The van der Waals surface area contributed by atoms with Gasteiger partial charge in [0.15, 0.2) is 33.3 Å². The highest BCUT2D eigenvalue weighted by molar-refractivity contribution is 7.94. The maximum Gasteiger partial charge on any atom is 0.485 e. The molecule has 4 aromatic carbocycles. The van der Waals surface area contributed by atoms with Gasteiger partial charge < -0.3 is 48.9 Å². The zero-order valence-electron chi connectivity index (χ0n) is 57.3. The number of nitrogens with two attached hydrogens (primary N) is 2. The third kappa shape index (κ3) is 14.1. The second kappa shape index (κ2) is 27.5. The standard InChI is InChI=1S/C32H42N5O4S.C24H28N2O4S.C8H15N3O.2CHF3O3S/c1-20(2)29-31-21(3)25(22(4)35(31)32(29)39)18-34-26-7-5-6-24-23(8-9-27(30(24)26)42(34,40)41)10-11-36-12-15-37(16-13-36,17-14-36)19-28(33)38;1-13(2)21-23-14(3)18(15(4)26(23)24(21)28)12-25-19-7-5-6-17-16(10-11-27)8-9-20(22(17)19)31(25,29)30;9-8(12)7-11-4-1-10(2-5-11)3-6-11;2*2-1(3,4)8(5,6)7/h5-9,20-21,29,31H,10-19H2,1-4H3,(H-,33,38);5-9,13-14,21,23,27H,10-12H2,1-4H3;1-7H2,(H-,9,12);2*(H,5,6,7)/q+1;;;;/t21-,29+,31+,36?,37?;14-,21+,23+;;;/m00.../s1. The Bertz CT molecular complexity index is 4470. The third-order valence-electron chi connectivity index (χ3n) is 22.6. The van der Waals surface area contributed by atoms with Crippen molar-refractivity contribution in [2.45, 2.75) is 101 Å². The largest absolute Gasteiger partial charge is 0.741 e. The van der Waals surface area contributed by atoms with Crippen LogP contribution in [0.5, 0.6) is 0 Å². The number of carbonyl (C=O) groups is 4. The minimum absolute atomic E-state index is 0.000644. The first-order valence-electron chi connectivity index (χ1n) is 33.5. The number of primary amides is 2. The van der Waals surface area contributed by atoms with Crippen LogP contribution in [0.25, 0.3) is 21.5 Å². The Morgan fingerprint density at radius 1 is 0.574 bits per heavy atom. The van der Waals surface area contributed by atoms with Crippen molar-refractivity contribution < 1.29 is 107 Å². The molecule has 0 spiro atoms. The number of piperazine rings is 6. The summed E-state index contributed by atoms with van der Waals surface area (Å²) in [6.45, 7) is 32.0. The molecule has 0 aromatic heterocycles. The molecule has 8 fully saturated rings. The summed E-state index contributed by atoms with van der Waals surface area (Å²) in [6, 6.07) is 19.2. The molecular formula is C66H87F6N10O15S4+. The van der Waals surface area contributed by atoms with Crippen molar-refractivity contribution in [2.75, 3.05) is 126 Å². The highest BCUT2D eigenvalue weighted by Crippen LogP contribution is 2.53. The van der Waals surface area contributed by atoms with E-state index in [1.165, 1.54) is 9.87 Å². The Morgan fingerprint density at radius 3 is 1.24 bits per heavy atom. The van der Waals surface area contributed by atoms with Gasteiger partial charge in [0.25, 0.3) is 31.9 Å². The molecule has 12 aliphatic heterocycles. The van der Waals surface area contributed by atoms with Gasteiger partial charge in [0.2, 0.25) is 11.8 Å². The monoisotopic (exact) mass is 1500 g/mol. The van der Waals surface area contributed by atoms with Crippen LogP contribution >= 0.6 is 0 Å². The number of nitrogens with zero attached hydrogens (tertiary/aromatic N) is 8. The van der Waals surface area contributed by atoms with Gasteiger partial charge in [-0.3, -0.25) is 32.7 Å². The van der Waals surface area contributed by atoms with E-state index >= 15 is 0 Å². The fourth-order valence-corrected chi connectivity index (χ4v) is 20.4. The minimum Gasteiger partial charge on any atom is -0.741 e. The van der Waals surface area contributed by atoms with Gasteiger partial charge in [-0.05, 0) is 89.4 Å². The number of carbonyl (C=O) groups excluding carboxylic acids is 4. The van der Waals surface area contributed by atoms with Gasteiger partial charge in [0.05, 0.1) is 84.4 Å². The van der Waals surface area contributed by atoms with Gasteiger partial charge in [-0.2, -0.15) is 26.3 Å². The molecule has 4 bridgehead atoms. The number of benzene rings is 4. The topological polar surface area (TPSA) is 339 Å². The van der Waals surface area contributed by atoms with Gasteiger partial charge in [-0.15, -0.1) is 0 Å². The Hall–Kier alpha value is -6.54. The summed E-state index contributed by atoms with van der Waals surface area (Å²) in [5.74, 6) is 0.725. The van der Waals surface area contributed by atoms with Gasteiger partial charge in [0.1, 0.15) is 39.3 Å². The van der Waals surface area contributed by atoms with Gasteiger partial charge in [-0.1, -0.05) is 77.9 Å². The molecule has 16 rings (SSSR count). The molecule has 0 aliphatic carbocycles. The van der Waals surface area contributed by atoms with E-state index in [4.69, 9.17) is 37.4 Å². The summed E-state index contributed by atoms with van der Waals surface area (Å²) in [5, 5.41) is 12.9. The molecule has 0 saturated carbocycles. The number of halogens is 6. The van der Waals surface area contributed by atoms with Crippen LogP contribution in [0.3, 0.4) is 0 Å². The number of anilines is 2. The van der Waals surface area contributed by atoms with E-state index < -0.39 is 51.3 Å². The molecule has 0 unspecified atom stereocenters. The Morgan fingerprint density at radius 2 is 0.911 bits per heavy atom. The van der Waals surface area contributed by atoms with E-state index in [0.717, 1.165) is 160 Å². The van der Waals surface area contributed by atoms with Crippen molar-refractivity contribution in [1.29, 1.82) is 0 Å². The van der Waals surface area contributed by atoms with E-state index in [1.807, 2.05) is 66.1 Å². The zero-order chi connectivity index (χ0) is 74.6. The van der Waals surface area contributed by atoms with Crippen molar-refractivity contribution in [3.05, 3.63) is 94.3 Å². The molecule has 101 heavy (non-hydrogen) atoms. The second-order valence-corrected chi connectivity index (χ2v) is 35.4. The molecule has 12 heterocycles. The van der Waals surface area contributed by atoms with Crippen molar-refractivity contribution in [1.82, 2.24) is 14.7 Å². The summed E-state index contributed by atoms with van der Waals surface area (Å²) in [5.41, 5.74) is 6.94. The number of aliphatic hydroxyl groups excluding tert-OH is 1. The van der Waals surface area contributed by atoms with Crippen molar-refractivity contribution in [2.24, 2.45) is 47.0 Å². The summed E-state index contributed by atoms with van der Waals surface area (Å²) in [6.07, 6.45) is 1.36. The number of fused-ring (bicyclic) bond motifs is 8. The predicted octanol–water partition coefficient (Wildman–Crippen LogP) is 4.45. The molecule has 35 heteroatoms. The number of aliphatic hydroxyl groups is 1. The molecule has 6 atom stereocenters. The fourth-order valence-electron chi connectivity index (χ4n) is 17.1. The predicted molar refractivity (Wildman–Crippen MR) is 359 cm³/mol. The number of hydrogen-bond donors (Lipinski definition) is 3. The van der Waals surface area contributed by atoms with E-state index in [-0.39, 0.29) is 90.9 Å². The number of alkyl halides is 6. The van der Waals surface area contributed by atoms with Crippen LogP contribution in [0.15, 0.2) is 93.0 Å². The molecular weight excluding hydrogens is 1420 g/mol. The van der Waals surface area contributed by atoms with E-state index in [1.54, 1.807) is 16.4 Å². The number of β-lactam (4-membered cyclic amide) rings is 2. The summed E-state index contributed by atoms with van der Waals surface area (Å²) < 4.78 is 179. The van der Waals surface area contributed by atoms with Crippen LogP contribution < -0.4 is 20.1 Å². The minimum atomic E-state index is -6.09. The number of allylic oxidation sites excluding steroid dienone is 2. The molecule has 5 N–H and O–H groups in total. The van der Waals surface area contributed by atoms with E-state index in [9.17, 15) is 67.5 Å². The van der Waals surface area contributed by atoms with Crippen molar-refractivity contribution in [3.8, 4) is 0 Å². The van der Waals surface area contributed by atoms with Crippen LogP contribution in [-0.4, -0.2) is 241 Å². The molecule has 4 aromatic rings. The van der Waals surface area contributed by atoms with Crippen LogP contribution in [0, 0.1) is 35.5 Å². The molecule has 0 radical (unpaired) electrons. The molecule has 25 nitrogen and oxygen atoms in total. The normalized spacial score (nSPS) is 28.6. The number of rotatable bonds is 15. The van der Waals surface area contributed by atoms with Crippen LogP contribution in [0.2, 0.25) is 0 Å². The van der Waals surface area contributed by atoms with Crippen LogP contribution in [0.4, 0.5) is 37.7 Å². The number of sulfonamides is 2. The van der Waals surface area contributed by atoms with E-state index in [0.29, 0.717) is 35.0 Å². The number of hydrogen-bond acceptors (Lipinski definition) is 16. The third-order valence-corrected chi connectivity index (χ3v) is 27.4. The van der Waals surface area contributed by atoms with Gasteiger partial charge in [-0.25, -0.2) is 33.7 Å².